The predicted octanol–water partition coefficient (Wildman–Crippen LogP) is 1.27. The Kier molecular flexibility index (Phi) is 3.96. The first-order valence-corrected chi connectivity index (χ1v) is 9.76. The number of rotatable bonds is 4. The van der Waals surface area contributed by atoms with Crippen LogP contribution >= 0.6 is 0 Å². The predicted molar refractivity (Wildman–Crippen MR) is 77.7 cm³/mol. The summed E-state index contributed by atoms with van der Waals surface area (Å²) in [4.78, 5) is 0.201. The van der Waals surface area contributed by atoms with Crippen LogP contribution in [-0.2, 0) is 19.9 Å². The number of hydrogen-bond donors (Lipinski definition) is 0. The van der Waals surface area contributed by atoms with Crippen molar-refractivity contribution in [3.8, 4) is 0 Å². The molecule has 1 fully saturated rings. The molecule has 1 aliphatic rings. The van der Waals surface area contributed by atoms with Crippen molar-refractivity contribution in [1.82, 2.24) is 4.31 Å². The lowest BCUT2D eigenvalue weighted by atomic mass is 10.0. The maximum atomic E-state index is 12.7. The summed E-state index contributed by atoms with van der Waals surface area (Å²) in [5.41, 5.74) is -0.859. The molecule has 1 aromatic carbocycles. The topological polar surface area (TPSA) is 71.5 Å². The third-order valence-electron chi connectivity index (χ3n) is 3.70. The summed E-state index contributed by atoms with van der Waals surface area (Å²) in [5.74, 6) is -0.0653. The van der Waals surface area contributed by atoms with Crippen LogP contribution in [0.15, 0.2) is 35.2 Å². The normalized spacial score (nSPS) is 25.9. The minimum Gasteiger partial charge on any atom is -0.229 e. The van der Waals surface area contributed by atoms with Crippen LogP contribution in [0.2, 0.25) is 0 Å². The quantitative estimate of drug-likeness (QED) is 0.838. The van der Waals surface area contributed by atoms with Crippen molar-refractivity contribution in [3.05, 3.63) is 30.3 Å². The Morgan fingerprint density at radius 3 is 2.30 bits per heavy atom. The molecule has 1 saturated heterocycles. The number of hydrogen-bond acceptors (Lipinski definition) is 4. The van der Waals surface area contributed by atoms with Crippen LogP contribution in [0.3, 0.4) is 0 Å². The van der Waals surface area contributed by atoms with Gasteiger partial charge in [-0.15, -0.1) is 0 Å². The van der Waals surface area contributed by atoms with Crippen LogP contribution < -0.4 is 0 Å². The van der Waals surface area contributed by atoms with Gasteiger partial charge in [0.2, 0.25) is 10.0 Å². The first-order chi connectivity index (χ1) is 9.21. The van der Waals surface area contributed by atoms with E-state index in [-0.39, 0.29) is 22.9 Å². The Bertz CT molecular complexity index is 682. The second-order valence-electron chi connectivity index (χ2n) is 5.32. The van der Waals surface area contributed by atoms with Crippen LogP contribution in [0, 0.1) is 0 Å². The van der Waals surface area contributed by atoms with Crippen molar-refractivity contribution < 1.29 is 16.8 Å². The Balaban J connectivity index is 2.44. The molecule has 1 aromatic rings. The van der Waals surface area contributed by atoms with E-state index >= 15 is 0 Å². The zero-order valence-corrected chi connectivity index (χ0v) is 13.2. The second kappa shape index (κ2) is 5.13. The van der Waals surface area contributed by atoms with Crippen molar-refractivity contribution in [1.29, 1.82) is 0 Å². The SMILES string of the molecule is CCN([C@]1(C)CCS(=O)(=O)C1)S(=O)(=O)c1ccccc1. The highest BCUT2D eigenvalue weighted by Gasteiger charge is 2.47. The Morgan fingerprint density at radius 2 is 1.85 bits per heavy atom. The van der Waals surface area contributed by atoms with E-state index in [1.807, 2.05) is 0 Å². The number of benzene rings is 1. The Morgan fingerprint density at radius 1 is 1.25 bits per heavy atom. The average Bonchev–Trinajstić information content (AvgIpc) is 2.65. The molecule has 1 aliphatic heterocycles. The molecular formula is C13H19NO4S2. The van der Waals surface area contributed by atoms with Gasteiger partial charge in [0, 0.05) is 12.1 Å². The zero-order valence-electron chi connectivity index (χ0n) is 11.6. The maximum Gasteiger partial charge on any atom is 0.243 e. The van der Waals surface area contributed by atoms with Crippen LogP contribution in [-0.4, -0.2) is 44.7 Å². The van der Waals surface area contributed by atoms with Gasteiger partial charge in [0.25, 0.3) is 0 Å². The fourth-order valence-electron chi connectivity index (χ4n) is 2.75. The summed E-state index contributed by atoms with van der Waals surface area (Å²) in [7, 11) is -6.83. The third-order valence-corrected chi connectivity index (χ3v) is 7.74. The van der Waals surface area contributed by atoms with Gasteiger partial charge >= 0.3 is 0 Å². The van der Waals surface area contributed by atoms with Gasteiger partial charge in [-0.3, -0.25) is 0 Å². The molecule has 0 radical (unpaired) electrons. The highest BCUT2D eigenvalue weighted by molar-refractivity contribution is 7.92. The Hall–Kier alpha value is -0.920. The number of sulfonamides is 1. The van der Waals surface area contributed by atoms with E-state index in [9.17, 15) is 16.8 Å². The zero-order chi connectivity index (χ0) is 15.0. The van der Waals surface area contributed by atoms with Crippen molar-refractivity contribution in [2.75, 3.05) is 18.1 Å². The fourth-order valence-corrected chi connectivity index (χ4v) is 6.81. The highest BCUT2D eigenvalue weighted by Crippen LogP contribution is 2.33. The number of nitrogens with zero attached hydrogens (tertiary/aromatic N) is 1. The molecule has 0 N–H and O–H groups in total. The molecule has 0 amide bonds. The second-order valence-corrected chi connectivity index (χ2v) is 9.37. The van der Waals surface area contributed by atoms with Gasteiger partial charge in [0.15, 0.2) is 9.84 Å². The van der Waals surface area contributed by atoms with Crippen LogP contribution in [0.1, 0.15) is 20.3 Å². The first kappa shape index (κ1) is 15.5. The van der Waals surface area contributed by atoms with Crippen LogP contribution in [0.5, 0.6) is 0 Å². The summed E-state index contributed by atoms with van der Waals surface area (Å²) in [6.07, 6.45) is 0.342. The van der Waals surface area contributed by atoms with E-state index in [2.05, 4.69) is 0 Å². The molecule has 0 aliphatic carbocycles. The van der Waals surface area contributed by atoms with Crippen molar-refractivity contribution in [3.63, 3.8) is 0 Å². The van der Waals surface area contributed by atoms with Gasteiger partial charge in [-0.1, -0.05) is 25.1 Å². The minimum atomic E-state index is -3.67. The van der Waals surface area contributed by atoms with Crippen molar-refractivity contribution in [2.24, 2.45) is 0 Å². The molecule has 1 atom stereocenters. The highest BCUT2D eigenvalue weighted by atomic mass is 32.2. The summed E-state index contributed by atoms with van der Waals surface area (Å²) in [6, 6.07) is 8.13. The lowest BCUT2D eigenvalue weighted by molar-refractivity contribution is 0.243. The Labute approximate surface area is 120 Å². The summed E-state index contributed by atoms with van der Waals surface area (Å²) < 4.78 is 50.1. The third kappa shape index (κ3) is 2.75. The summed E-state index contributed by atoms with van der Waals surface area (Å²) >= 11 is 0. The lowest BCUT2D eigenvalue weighted by Gasteiger charge is -2.35. The van der Waals surface area contributed by atoms with Gasteiger partial charge in [-0.25, -0.2) is 16.8 Å². The standard InChI is InChI=1S/C13H19NO4S2/c1-3-14(13(2)9-10-19(15,16)11-13)20(17,18)12-7-5-4-6-8-12/h4-8H,3,9-11H2,1-2H3/t13-/m1/s1. The lowest BCUT2D eigenvalue weighted by Crippen LogP contribution is -2.50. The van der Waals surface area contributed by atoms with Crippen LogP contribution in [0.25, 0.3) is 0 Å². The van der Waals surface area contributed by atoms with Crippen molar-refractivity contribution >= 4 is 19.9 Å². The van der Waals surface area contributed by atoms with E-state index in [0.29, 0.717) is 6.42 Å². The molecule has 0 unspecified atom stereocenters. The smallest absolute Gasteiger partial charge is 0.229 e. The van der Waals surface area contributed by atoms with Gasteiger partial charge in [0.1, 0.15) is 0 Å². The number of sulfone groups is 1. The van der Waals surface area contributed by atoms with Crippen LogP contribution in [0.4, 0.5) is 0 Å². The molecule has 5 nitrogen and oxygen atoms in total. The van der Waals surface area contributed by atoms with E-state index in [1.54, 1.807) is 32.0 Å². The largest absolute Gasteiger partial charge is 0.243 e. The van der Waals surface area contributed by atoms with Gasteiger partial charge < -0.3 is 0 Å². The summed E-state index contributed by atoms with van der Waals surface area (Å²) in [5, 5.41) is 0. The molecule has 20 heavy (non-hydrogen) atoms. The molecule has 112 valence electrons. The molecule has 0 saturated carbocycles. The monoisotopic (exact) mass is 317 g/mol. The molecule has 0 aromatic heterocycles. The molecule has 2 rings (SSSR count). The maximum absolute atomic E-state index is 12.7. The van der Waals surface area contributed by atoms with Crippen molar-refractivity contribution in [2.45, 2.75) is 30.7 Å². The molecule has 0 spiro atoms. The molecule has 1 heterocycles. The van der Waals surface area contributed by atoms with E-state index in [0.717, 1.165) is 0 Å². The first-order valence-electron chi connectivity index (χ1n) is 6.50. The molecule has 7 heteroatoms. The van der Waals surface area contributed by atoms with Gasteiger partial charge in [-0.2, -0.15) is 4.31 Å². The molecular weight excluding hydrogens is 298 g/mol. The fraction of sp³-hybridized carbons (Fsp3) is 0.538. The van der Waals surface area contributed by atoms with Gasteiger partial charge in [-0.05, 0) is 25.5 Å². The average molecular weight is 317 g/mol. The van der Waals surface area contributed by atoms with E-state index < -0.39 is 25.4 Å². The summed E-state index contributed by atoms with van der Waals surface area (Å²) in [6.45, 7) is 3.70. The minimum absolute atomic E-state index is 0.0459. The van der Waals surface area contributed by atoms with E-state index in [1.165, 1.54) is 16.4 Å². The van der Waals surface area contributed by atoms with E-state index in [4.69, 9.17) is 0 Å². The van der Waals surface area contributed by atoms with Gasteiger partial charge in [0.05, 0.1) is 16.4 Å². The molecule has 0 bridgehead atoms.